The number of amides is 1. The Morgan fingerprint density at radius 2 is 2.19 bits per heavy atom. The molecule has 26 heavy (non-hydrogen) atoms. The van der Waals surface area contributed by atoms with Crippen LogP contribution in [0.15, 0.2) is 35.0 Å². The van der Waals surface area contributed by atoms with Crippen LogP contribution in [-0.2, 0) is 6.54 Å². The second-order valence-corrected chi connectivity index (χ2v) is 8.02. The fourth-order valence-electron chi connectivity index (χ4n) is 4.13. The van der Waals surface area contributed by atoms with Crippen molar-refractivity contribution >= 4 is 17.2 Å². The van der Waals surface area contributed by atoms with Gasteiger partial charge in [0.25, 0.3) is 5.91 Å². The number of piperidine rings is 1. The summed E-state index contributed by atoms with van der Waals surface area (Å²) in [6, 6.07) is 6.40. The number of rotatable bonds is 5. The van der Waals surface area contributed by atoms with Crippen molar-refractivity contribution in [2.24, 2.45) is 5.41 Å². The lowest BCUT2D eigenvalue weighted by molar-refractivity contribution is 0.0688. The molecule has 1 saturated carbocycles. The van der Waals surface area contributed by atoms with E-state index in [0.29, 0.717) is 17.9 Å². The summed E-state index contributed by atoms with van der Waals surface area (Å²) < 4.78 is 19.1. The van der Waals surface area contributed by atoms with Gasteiger partial charge in [0.2, 0.25) is 0 Å². The number of thiophene rings is 1. The Labute approximate surface area is 157 Å². The predicted molar refractivity (Wildman–Crippen MR) is 100 cm³/mol. The minimum Gasteiger partial charge on any atom is -0.496 e. The van der Waals surface area contributed by atoms with Crippen LogP contribution >= 0.6 is 11.3 Å². The molecule has 2 heterocycles. The molecule has 0 bridgehead atoms. The normalized spacial score (nSPS) is 20.8. The van der Waals surface area contributed by atoms with Crippen LogP contribution in [0.1, 0.15) is 35.2 Å². The molecule has 2 aromatic rings. The summed E-state index contributed by atoms with van der Waals surface area (Å²) in [6.07, 6.45) is 3.21. The van der Waals surface area contributed by atoms with E-state index >= 15 is 0 Å². The molecule has 1 saturated heterocycles. The van der Waals surface area contributed by atoms with Crippen LogP contribution < -0.4 is 10.1 Å². The third-order valence-corrected chi connectivity index (χ3v) is 6.44. The summed E-state index contributed by atoms with van der Waals surface area (Å²) >= 11 is 1.63. The van der Waals surface area contributed by atoms with Crippen molar-refractivity contribution in [3.63, 3.8) is 0 Å². The number of methoxy groups -OCH3 is 1. The molecular formula is C20H23FN2O2S. The Morgan fingerprint density at radius 3 is 2.88 bits per heavy atom. The second kappa shape index (κ2) is 7.00. The molecule has 4 rings (SSSR count). The monoisotopic (exact) mass is 374 g/mol. The largest absolute Gasteiger partial charge is 0.496 e. The van der Waals surface area contributed by atoms with E-state index in [2.05, 4.69) is 10.7 Å². The predicted octanol–water partition coefficient (Wildman–Crippen LogP) is 3.68. The zero-order valence-electron chi connectivity index (χ0n) is 14.8. The third kappa shape index (κ3) is 3.23. The lowest BCUT2D eigenvalue weighted by atomic mass is 9.93. The van der Waals surface area contributed by atoms with E-state index in [1.165, 1.54) is 25.3 Å². The molecule has 138 valence electrons. The van der Waals surface area contributed by atoms with Crippen molar-refractivity contribution in [1.29, 1.82) is 0 Å². The van der Waals surface area contributed by atoms with Gasteiger partial charge in [-0.3, -0.25) is 4.79 Å². The lowest BCUT2D eigenvalue weighted by Gasteiger charge is -2.30. The Kier molecular flexibility index (Phi) is 4.71. The molecule has 1 aromatic heterocycles. The maximum Gasteiger partial charge on any atom is 0.258 e. The summed E-state index contributed by atoms with van der Waals surface area (Å²) in [6.45, 7) is 2.56. The zero-order valence-corrected chi connectivity index (χ0v) is 15.7. The minimum absolute atomic E-state index is 0.145. The highest BCUT2D eigenvalue weighted by Crippen LogP contribution is 2.56. The molecule has 6 heteroatoms. The molecule has 0 radical (unpaired) electrons. The van der Waals surface area contributed by atoms with E-state index in [4.69, 9.17) is 4.74 Å². The van der Waals surface area contributed by atoms with Gasteiger partial charge in [0.1, 0.15) is 11.6 Å². The third-order valence-electron chi connectivity index (χ3n) is 5.71. The van der Waals surface area contributed by atoms with Crippen molar-refractivity contribution < 1.29 is 13.9 Å². The molecule has 1 amide bonds. The van der Waals surface area contributed by atoms with Gasteiger partial charge in [-0.1, -0.05) is 0 Å². The number of hydrogen-bond acceptors (Lipinski definition) is 4. The van der Waals surface area contributed by atoms with E-state index < -0.39 is 5.82 Å². The van der Waals surface area contributed by atoms with E-state index in [9.17, 15) is 9.18 Å². The number of nitrogens with zero attached hydrogens (tertiary/aromatic N) is 1. The summed E-state index contributed by atoms with van der Waals surface area (Å²) in [4.78, 5) is 15.3. The van der Waals surface area contributed by atoms with Crippen molar-refractivity contribution in [3.05, 3.63) is 52.0 Å². The van der Waals surface area contributed by atoms with Gasteiger partial charge < -0.3 is 15.0 Å². The first-order valence-corrected chi connectivity index (χ1v) is 9.93. The fraction of sp³-hybridized carbons (Fsp3) is 0.450. The molecule has 1 spiro atoms. The first-order valence-electron chi connectivity index (χ1n) is 8.99. The molecule has 4 nitrogen and oxygen atoms in total. The topological polar surface area (TPSA) is 41.6 Å². The highest BCUT2D eigenvalue weighted by molar-refractivity contribution is 7.07. The van der Waals surface area contributed by atoms with Crippen LogP contribution in [0.4, 0.5) is 4.39 Å². The Morgan fingerprint density at radius 1 is 1.38 bits per heavy atom. The Bertz CT molecular complexity index is 787. The summed E-state index contributed by atoms with van der Waals surface area (Å²) in [5.41, 5.74) is 1.64. The summed E-state index contributed by atoms with van der Waals surface area (Å²) in [7, 11) is 1.51. The number of carbonyl (C=O) groups excluding carboxylic acids is 1. The summed E-state index contributed by atoms with van der Waals surface area (Å²) in [5.74, 6) is -0.142. The fourth-order valence-corrected chi connectivity index (χ4v) is 4.79. The van der Waals surface area contributed by atoms with Gasteiger partial charge in [-0.15, -0.1) is 0 Å². The van der Waals surface area contributed by atoms with Crippen molar-refractivity contribution in [3.8, 4) is 5.75 Å². The van der Waals surface area contributed by atoms with E-state index in [1.54, 1.807) is 11.3 Å². The highest BCUT2D eigenvalue weighted by atomic mass is 32.1. The van der Waals surface area contributed by atoms with Crippen LogP contribution in [0.2, 0.25) is 0 Å². The van der Waals surface area contributed by atoms with Crippen LogP contribution in [0.5, 0.6) is 5.75 Å². The van der Waals surface area contributed by atoms with Crippen LogP contribution in [0.25, 0.3) is 0 Å². The second-order valence-electron chi connectivity index (χ2n) is 7.24. The van der Waals surface area contributed by atoms with Crippen LogP contribution in [-0.4, -0.2) is 37.0 Å². The van der Waals surface area contributed by atoms with Gasteiger partial charge in [-0.25, -0.2) is 4.39 Å². The first-order chi connectivity index (χ1) is 12.6. The molecule has 2 fully saturated rings. The van der Waals surface area contributed by atoms with Gasteiger partial charge >= 0.3 is 0 Å². The number of carbonyl (C=O) groups is 1. The number of ether oxygens (including phenoxy) is 1. The Hall–Kier alpha value is -1.92. The number of nitrogens with one attached hydrogen (secondary N) is 1. The quantitative estimate of drug-likeness (QED) is 0.868. The number of halogens is 1. The number of hydrogen-bond donors (Lipinski definition) is 1. The van der Waals surface area contributed by atoms with Gasteiger partial charge in [0, 0.05) is 12.6 Å². The highest BCUT2D eigenvalue weighted by Gasteiger charge is 2.57. The smallest absolute Gasteiger partial charge is 0.258 e. The van der Waals surface area contributed by atoms with E-state index in [0.717, 1.165) is 37.9 Å². The van der Waals surface area contributed by atoms with Crippen LogP contribution in [0, 0.1) is 11.2 Å². The average molecular weight is 374 g/mol. The van der Waals surface area contributed by atoms with Gasteiger partial charge in [0.05, 0.1) is 12.7 Å². The standard InChI is InChI=1S/C20H23FN2O2S/c1-25-17-3-2-15(21)10-16(17)19(24)23(12-14-4-9-26-13-14)18-11-20(18)5-7-22-8-6-20/h2-4,9-10,13,18,22H,5-8,11-12H2,1H3. The molecule has 1 aliphatic heterocycles. The molecule has 2 aliphatic rings. The van der Waals surface area contributed by atoms with Gasteiger partial charge in [-0.2, -0.15) is 11.3 Å². The van der Waals surface area contributed by atoms with E-state index in [1.807, 2.05) is 16.3 Å². The van der Waals surface area contributed by atoms with Crippen LogP contribution in [0.3, 0.4) is 0 Å². The van der Waals surface area contributed by atoms with Gasteiger partial charge in [-0.05, 0) is 78.4 Å². The molecule has 1 aliphatic carbocycles. The molecule has 1 N–H and O–H groups in total. The maximum atomic E-state index is 13.8. The maximum absolute atomic E-state index is 13.8. The minimum atomic E-state index is -0.419. The first kappa shape index (κ1) is 17.5. The zero-order chi connectivity index (χ0) is 18.1. The van der Waals surface area contributed by atoms with Crippen molar-refractivity contribution in [1.82, 2.24) is 10.2 Å². The van der Waals surface area contributed by atoms with Gasteiger partial charge in [0.15, 0.2) is 0 Å². The van der Waals surface area contributed by atoms with Crippen molar-refractivity contribution in [2.45, 2.75) is 31.8 Å². The molecule has 1 atom stereocenters. The van der Waals surface area contributed by atoms with E-state index in [-0.39, 0.29) is 17.4 Å². The molecular weight excluding hydrogens is 351 g/mol. The molecule has 1 unspecified atom stereocenters. The lowest BCUT2D eigenvalue weighted by Crippen LogP contribution is -2.39. The SMILES string of the molecule is COc1ccc(F)cc1C(=O)N(Cc1ccsc1)C1CC12CCNCC2. The average Bonchev–Trinajstić information content (AvgIpc) is 3.08. The number of benzene rings is 1. The Balaban J connectivity index is 1.65. The molecule has 1 aromatic carbocycles. The van der Waals surface area contributed by atoms with Crippen molar-refractivity contribution in [2.75, 3.05) is 20.2 Å². The summed E-state index contributed by atoms with van der Waals surface area (Å²) in [5, 5.41) is 7.49.